The van der Waals surface area contributed by atoms with Crippen molar-refractivity contribution in [2.45, 2.75) is 96.3 Å². The van der Waals surface area contributed by atoms with E-state index >= 15 is 0 Å². The van der Waals surface area contributed by atoms with Crippen LogP contribution >= 0.6 is 0 Å². The van der Waals surface area contributed by atoms with Crippen LogP contribution in [0.1, 0.15) is 101 Å². The van der Waals surface area contributed by atoms with Crippen molar-refractivity contribution in [3.8, 4) is 6.07 Å². The second kappa shape index (κ2) is 12.8. The number of hydrogen-bond donors (Lipinski definition) is 0. The van der Waals surface area contributed by atoms with Gasteiger partial charge in [-0.05, 0) is 106 Å². The number of benzene rings is 1. The predicted octanol–water partition coefficient (Wildman–Crippen LogP) is 8.09. The summed E-state index contributed by atoms with van der Waals surface area (Å²) in [4.78, 5) is 11.9. The first-order valence-electron chi connectivity index (χ1n) is 13.0. The van der Waals surface area contributed by atoms with Crippen LogP contribution in [0.2, 0.25) is 0 Å². The van der Waals surface area contributed by atoms with E-state index in [-0.39, 0.29) is 5.41 Å². The fourth-order valence-electron chi connectivity index (χ4n) is 6.02. The maximum atomic E-state index is 11.9. The van der Waals surface area contributed by atoms with Crippen molar-refractivity contribution < 1.29 is 4.79 Å². The van der Waals surface area contributed by atoms with Crippen LogP contribution in [-0.4, -0.2) is 6.29 Å². The quantitative estimate of drug-likeness (QED) is 0.213. The number of carbonyl (C=O) groups is 1. The molecule has 0 spiro atoms. The molecule has 172 valence electrons. The minimum atomic E-state index is -0.115. The fourth-order valence-corrected chi connectivity index (χ4v) is 6.02. The summed E-state index contributed by atoms with van der Waals surface area (Å²) in [7, 11) is 0. The average Bonchev–Trinajstić information content (AvgIpc) is 2.86. The summed E-state index contributed by atoms with van der Waals surface area (Å²) in [6, 6.07) is 11.5. The van der Waals surface area contributed by atoms with E-state index in [9.17, 15) is 4.79 Å². The molecule has 2 fully saturated rings. The van der Waals surface area contributed by atoms with Crippen LogP contribution in [-0.2, 0) is 11.2 Å². The molecule has 1 aromatic rings. The van der Waals surface area contributed by atoms with Gasteiger partial charge in [-0.25, -0.2) is 0 Å². The normalized spacial score (nSPS) is 28.7. The molecule has 0 radical (unpaired) electrons. The Balaban J connectivity index is 1.43. The van der Waals surface area contributed by atoms with Crippen LogP contribution in [0.15, 0.2) is 48.6 Å². The molecule has 0 saturated heterocycles. The Bertz CT molecular complexity index is 781. The first kappa shape index (κ1) is 24.5. The van der Waals surface area contributed by atoms with Crippen molar-refractivity contribution in [1.82, 2.24) is 0 Å². The van der Waals surface area contributed by atoms with Gasteiger partial charge in [-0.15, -0.1) is 0 Å². The number of aldehydes is 1. The van der Waals surface area contributed by atoms with E-state index in [4.69, 9.17) is 5.26 Å². The zero-order chi connectivity index (χ0) is 22.7. The molecular formula is C30H41NO. The SMILES string of the molecule is CCCCc1ccc([C@H]2CC[C@H]([C@H]3CC[C@](C=O)(CCC=CC=CC#N)CC3)CC2)cc1. The first-order valence-corrected chi connectivity index (χ1v) is 13.0. The van der Waals surface area contributed by atoms with Gasteiger partial charge in [0, 0.05) is 11.5 Å². The summed E-state index contributed by atoms with van der Waals surface area (Å²) in [5.41, 5.74) is 2.92. The van der Waals surface area contributed by atoms with Crippen LogP contribution in [0.25, 0.3) is 0 Å². The molecule has 0 amide bonds. The zero-order valence-electron chi connectivity index (χ0n) is 20.0. The van der Waals surface area contributed by atoms with Crippen molar-refractivity contribution >= 4 is 6.29 Å². The van der Waals surface area contributed by atoms with Crippen LogP contribution in [0.3, 0.4) is 0 Å². The Hall–Kier alpha value is -2.14. The van der Waals surface area contributed by atoms with Gasteiger partial charge in [0.25, 0.3) is 0 Å². The zero-order valence-corrected chi connectivity index (χ0v) is 20.0. The molecule has 2 heteroatoms. The van der Waals surface area contributed by atoms with Crippen molar-refractivity contribution in [2.75, 3.05) is 0 Å². The maximum absolute atomic E-state index is 11.9. The number of aryl methyl sites for hydroxylation is 1. The molecule has 1 aromatic carbocycles. The number of nitriles is 1. The lowest BCUT2D eigenvalue weighted by Crippen LogP contribution is -2.32. The lowest BCUT2D eigenvalue weighted by Gasteiger charge is -2.41. The number of rotatable bonds is 10. The van der Waals surface area contributed by atoms with Crippen molar-refractivity contribution in [1.29, 1.82) is 5.26 Å². The van der Waals surface area contributed by atoms with Gasteiger partial charge in [0.15, 0.2) is 0 Å². The van der Waals surface area contributed by atoms with Crippen LogP contribution in [0.5, 0.6) is 0 Å². The second-order valence-corrected chi connectivity index (χ2v) is 10.2. The van der Waals surface area contributed by atoms with Gasteiger partial charge in [0.05, 0.1) is 6.07 Å². The molecule has 3 rings (SSSR count). The van der Waals surface area contributed by atoms with E-state index in [2.05, 4.69) is 37.3 Å². The van der Waals surface area contributed by atoms with Crippen LogP contribution in [0.4, 0.5) is 0 Å². The topological polar surface area (TPSA) is 40.9 Å². The fraction of sp³-hybridized carbons (Fsp3) is 0.600. The minimum absolute atomic E-state index is 0.115. The smallest absolute Gasteiger partial charge is 0.126 e. The molecular weight excluding hydrogens is 390 g/mol. The Morgan fingerprint density at radius 2 is 1.69 bits per heavy atom. The summed E-state index contributed by atoms with van der Waals surface area (Å²) in [5.74, 6) is 2.41. The maximum Gasteiger partial charge on any atom is 0.126 e. The summed E-state index contributed by atoms with van der Waals surface area (Å²) in [6.07, 6.45) is 24.1. The third-order valence-electron chi connectivity index (χ3n) is 8.21. The molecule has 0 unspecified atom stereocenters. The Labute approximate surface area is 195 Å². The average molecular weight is 432 g/mol. The van der Waals surface area contributed by atoms with Gasteiger partial charge < -0.3 is 4.79 Å². The Morgan fingerprint density at radius 1 is 1.00 bits per heavy atom. The van der Waals surface area contributed by atoms with Crippen molar-refractivity contribution in [3.63, 3.8) is 0 Å². The molecule has 0 bridgehead atoms. The van der Waals surface area contributed by atoms with Crippen LogP contribution < -0.4 is 0 Å². The highest BCUT2D eigenvalue weighted by molar-refractivity contribution is 5.59. The molecule has 0 atom stereocenters. The molecule has 2 aliphatic carbocycles. The summed E-state index contributed by atoms with van der Waals surface area (Å²) >= 11 is 0. The van der Waals surface area contributed by atoms with Gasteiger partial charge in [0.1, 0.15) is 6.29 Å². The van der Waals surface area contributed by atoms with E-state index in [0.717, 1.165) is 43.4 Å². The summed E-state index contributed by atoms with van der Waals surface area (Å²) < 4.78 is 0. The van der Waals surface area contributed by atoms with Gasteiger partial charge in [-0.2, -0.15) is 5.26 Å². The number of nitrogens with zero attached hydrogens (tertiary/aromatic N) is 1. The van der Waals surface area contributed by atoms with Crippen LogP contribution in [0, 0.1) is 28.6 Å². The van der Waals surface area contributed by atoms with E-state index < -0.39 is 0 Å². The van der Waals surface area contributed by atoms with Gasteiger partial charge >= 0.3 is 0 Å². The number of unbranched alkanes of at least 4 members (excludes halogenated alkanes) is 1. The van der Waals surface area contributed by atoms with Gasteiger partial charge in [-0.1, -0.05) is 55.8 Å². The monoisotopic (exact) mass is 431 g/mol. The number of hydrogen-bond acceptors (Lipinski definition) is 2. The van der Waals surface area contributed by atoms with Gasteiger partial charge in [-0.3, -0.25) is 0 Å². The summed E-state index contributed by atoms with van der Waals surface area (Å²) in [5, 5.41) is 8.53. The highest BCUT2D eigenvalue weighted by atomic mass is 16.1. The first-order chi connectivity index (χ1) is 15.7. The largest absolute Gasteiger partial charge is 0.303 e. The highest BCUT2D eigenvalue weighted by Crippen LogP contribution is 2.48. The lowest BCUT2D eigenvalue weighted by molar-refractivity contribution is -0.119. The third kappa shape index (κ3) is 6.93. The van der Waals surface area contributed by atoms with Crippen molar-refractivity contribution in [3.05, 3.63) is 59.7 Å². The molecule has 2 aliphatic rings. The van der Waals surface area contributed by atoms with E-state index in [1.54, 1.807) is 11.6 Å². The molecule has 0 N–H and O–H groups in total. The van der Waals surface area contributed by atoms with E-state index in [0.29, 0.717) is 0 Å². The number of allylic oxidation sites excluding steroid dienone is 4. The molecule has 0 heterocycles. The molecule has 2 nitrogen and oxygen atoms in total. The summed E-state index contributed by atoms with van der Waals surface area (Å²) in [6.45, 7) is 2.26. The Kier molecular flexibility index (Phi) is 9.79. The third-order valence-corrected chi connectivity index (χ3v) is 8.21. The second-order valence-electron chi connectivity index (χ2n) is 10.2. The lowest BCUT2D eigenvalue weighted by atomic mass is 9.63. The highest BCUT2D eigenvalue weighted by Gasteiger charge is 2.38. The van der Waals surface area contributed by atoms with Crippen molar-refractivity contribution in [2.24, 2.45) is 17.3 Å². The molecule has 0 aromatic heterocycles. The molecule has 32 heavy (non-hydrogen) atoms. The van der Waals surface area contributed by atoms with E-state index in [1.807, 2.05) is 12.1 Å². The van der Waals surface area contributed by atoms with Gasteiger partial charge in [0.2, 0.25) is 0 Å². The molecule has 0 aliphatic heterocycles. The minimum Gasteiger partial charge on any atom is -0.303 e. The Morgan fingerprint density at radius 3 is 2.31 bits per heavy atom. The molecule has 2 saturated carbocycles. The number of carbonyl (C=O) groups excluding carboxylic acids is 1. The van der Waals surface area contributed by atoms with E-state index in [1.165, 1.54) is 75.7 Å². The predicted molar refractivity (Wildman–Crippen MR) is 133 cm³/mol. The standard InChI is InChI=1S/C30H41NO/c1-2-3-9-25-10-12-26(13-11-25)27-14-16-28(17-15-27)29-18-21-30(24-32,22-19-29)20-7-5-4-6-8-23-31/h4-6,8,10-13,24,27-29H,2-3,7,9,14-22H2,1H3/t27-,28-,29-,30+.